The molecule has 0 aromatic carbocycles. The molecule has 2 aliphatic rings. The second-order valence-electron chi connectivity index (χ2n) is 6.33. The third-order valence-corrected chi connectivity index (χ3v) is 5.50. The van der Waals surface area contributed by atoms with Crippen LogP contribution in [0.15, 0.2) is 21.9 Å². The number of nitrogens with zero attached hydrogens (tertiary/aromatic N) is 1. The van der Waals surface area contributed by atoms with Crippen LogP contribution in [0, 0.1) is 0 Å². The van der Waals surface area contributed by atoms with Crippen molar-refractivity contribution in [1.29, 1.82) is 0 Å². The zero-order valence-corrected chi connectivity index (χ0v) is 14.4. The van der Waals surface area contributed by atoms with Gasteiger partial charge in [0, 0.05) is 12.3 Å². The number of H-pyrrole nitrogens is 1. The van der Waals surface area contributed by atoms with Crippen molar-refractivity contribution in [1.82, 2.24) is 9.55 Å². The highest BCUT2D eigenvalue weighted by Gasteiger charge is 2.59. The van der Waals surface area contributed by atoms with E-state index in [1.807, 2.05) is 0 Å². The van der Waals surface area contributed by atoms with Gasteiger partial charge in [0.05, 0.1) is 18.2 Å². The molecule has 3 rings (SSSR count). The van der Waals surface area contributed by atoms with Gasteiger partial charge in [-0.05, 0) is 20.8 Å². The van der Waals surface area contributed by atoms with Crippen LogP contribution in [0.25, 0.3) is 0 Å². The summed E-state index contributed by atoms with van der Waals surface area (Å²) in [5, 5.41) is 0. The van der Waals surface area contributed by atoms with E-state index >= 15 is 0 Å². The summed E-state index contributed by atoms with van der Waals surface area (Å²) in [5.41, 5.74) is 3.94. The molecule has 11 heteroatoms. The Morgan fingerprint density at radius 1 is 1.50 bits per heavy atom. The molecule has 0 radical (unpaired) electrons. The van der Waals surface area contributed by atoms with E-state index in [2.05, 4.69) is 4.98 Å². The normalized spacial score (nSPS) is 39.1. The summed E-state index contributed by atoms with van der Waals surface area (Å²) >= 11 is 0. The standard InChI is InChI=1S/C13H20N3O7P/c1-7(2)22-24(19)20-6-8-10(23-24)13(3,14)11(21-8)16-5-4-9(17)15-12(16)18/h4-5,7-8,10-11H,6,14H2,1-3H3,(H,15,17,18)/t8-,10-,11-,13-,24+/m1/s1. The van der Waals surface area contributed by atoms with Crippen molar-refractivity contribution in [3.05, 3.63) is 33.1 Å². The predicted molar refractivity (Wildman–Crippen MR) is 82.5 cm³/mol. The minimum Gasteiger partial charge on any atom is -0.347 e. The van der Waals surface area contributed by atoms with E-state index in [1.54, 1.807) is 20.8 Å². The van der Waals surface area contributed by atoms with Crippen LogP contribution in [0.1, 0.15) is 27.0 Å². The number of ether oxygens (including phenoxy) is 1. The molecule has 0 unspecified atom stereocenters. The van der Waals surface area contributed by atoms with E-state index in [-0.39, 0.29) is 12.7 Å². The zero-order valence-electron chi connectivity index (χ0n) is 13.5. The third kappa shape index (κ3) is 3.01. The topological polar surface area (TPSA) is 135 Å². The molecule has 1 aromatic heterocycles. The van der Waals surface area contributed by atoms with Gasteiger partial charge in [0.15, 0.2) is 6.23 Å². The predicted octanol–water partition coefficient (Wildman–Crippen LogP) is 0.0999. The Bertz CT molecular complexity index is 786. The number of aromatic amines is 1. The number of rotatable bonds is 3. The Morgan fingerprint density at radius 2 is 2.21 bits per heavy atom. The van der Waals surface area contributed by atoms with Gasteiger partial charge >= 0.3 is 13.5 Å². The Morgan fingerprint density at radius 3 is 2.83 bits per heavy atom. The van der Waals surface area contributed by atoms with Crippen LogP contribution in [0.5, 0.6) is 0 Å². The maximum absolute atomic E-state index is 12.5. The Hall–Kier alpha value is -1.29. The number of nitrogens with one attached hydrogen (secondary N) is 1. The molecule has 3 heterocycles. The first-order valence-corrected chi connectivity index (χ1v) is 8.95. The van der Waals surface area contributed by atoms with Gasteiger partial charge in [-0.1, -0.05) is 0 Å². The van der Waals surface area contributed by atoms with Crippen molar-refractivity contribution in [3.8, 4) is 0 Å². The van der Waals surface area contributed by atoms with Crippen molar-refractivity contribution in [2.75, 3.05) is 6.61 Å². The fourth-order valence-corrected chi connectivity index (χ4v) is 4.52. The van der Waals surface area contributed by atoms with Crippen LogP contribution >= 0.6 is 7.82 Å². The van der Waals surface area contributed by atoms with Crippen LogP contribution in [0.4, 0.5) is 0 Å². The second kappa shape index (κ2) is 5.91. The lowest BCUT2D eigenvalue weighted by molar-refractivity contribution is -0.0749. The molecule has 5 atom stereocenters. The maximum Gasteiger partial charge on any atom is 0.475 e. The molecule has 134 valence electrons. The molecule has 0 amide bonds. The fraction of sp³-hybridized carbons (Fsp3) is 0.692. The average molecular weight is 361 g/mol. The van der Waals surface area contributed by atoms with Crippen LogP contribution in [0.2, 0.25) is 0 Å². The monoisotopic (exact) mass is 361 g/mol. The van der Waals surface area contributed by atoms with Gasteiger partial charge in [0.1, 0.15) is 12.2 Å². The minimum atomic E-state index is -3.76. The average Bonchev–Trinajstić information content (AvgIpc) is 2.69. The maximum atomic E-state index is 12.5. The molecular weight excluding hydrogens is 341 g/mol. The number of aromatic nitrogens is 2. The van der Waals surface area contributed by atoms with Gasteiger partial charge in [-0.25, -0.2) is 9.36 Å². The van der Waals surface area contributed by atoms with Crippen molar-refractivity contribution in [2.24, 2.45) is 5.73 Å². The summed E-state index contributed by atoms with van der Waals surface area (Å²) in [5.74, 6) is 0. The summed E-state index contributed by atoms with van der Waals surface area (Å²) in [7, 11) is -3.76. The van der Waals surface area contributed by atoms with Crippen LogP contribution in [0.3, 0.4) is 0 Å². The smallest absolute Gasteiger partial charge is 0.347 e. The quantitative estimate of drug-likeness (QED) is 0.724. The zero-order chi connectivity index (χ0) is 17.7. The minimum absolute atomic E-state index is 0.0456. The SMILES string of the molecule is CC(C)O[P@]1(=O)OC[C@H]2O[C@@H](n3ccc(=O)[nH]c3=O)[C@](C)(N)[C@@H]2O1. The van der Waals surface area contributed by atoms with Crippen molar-refractivity contribution in [3.63, 3.8) is 0 Å². The summed E-state index contributed by atoms with van der Waals surface area (Å²) in [6.07, 6.45) is -1.43. The second-order valence-corrected chi connectivity index (χ2v) is 7.91. The number of phosphoric ester groups is 1. The summed E-state index contributed by atoms with van der Waals surface area (Å²) in [4.78, 5) is 25.4. The van der Waals surface area contributed by atoms with E-state index in [0.717, 1.165) is 4.57 Å². The Balaban J connectivity index is 1.91. The van der Waals surface area contributed by atoms with E-state index in [1.165, 1.54) is 12.3 Å². The van der Waals surface area contributed by atoms with Crippen LogP contribution in [-0.4, -0.2) is 40.0 Å². The van der Waals surface area contributed by atoms with Crippen LogP contribution < -0.4 is 17.0 Å². The molecule has 2 saturated heterocycles. The highest BCUT2D eigenvalue weighted by molar-refractivity contribution is 7.48. The van der Waals surface area contributed by atoms with E-state index in [9.17, 15) is 14.2 Å². The van der Waals surface area contributed by atoms with E-state index in [0.29, 0.717) is 0 Å². The molecule has 0 spiro atoms. The van der Waals surface area contributed by atoms with Gasteiger partial charge in [0.25, 0.3) is 5.56 Å². The Kier molecular flexibility index (Phi) is 4.31. The molecule has 0 saturated carbocycles. The molecule has 0 aliphatic carbocycles. The molecule has 2 fully saturated rings. The number of hydrogen-bond donors (Lipinski definition) is 2. The number of phosphoric acid groups is 1. The highest BCUT2D eigenvalue weighted by atomic mass is 31.2. The van der Waals surface area contributed by atoms with Gasteiger partial charge in [-0.3, -0.25) is 27.9 Å². The molecule has 1 aromatic rings. The van der Waals surface area contributed by atoms with Crippen LogP contribution in [-0.2, 0) is 22.9 Å². The first kappa shape index (κ1) is 17.5. The van der Waals surface area contributed by atoms with Crippen molar-refractivity contribution < 1.29 is 22.9 Å². The third-order valence-electron chi connectivity index (χ3n) is 3.87. The number of hydrogen-bond acceptors (Lipinski definition) is 8. The molecule has 10 nitrogen and oxygen atoms in total. The first-order chi connectivity index (χ1) is 11.1. The van der Waals surface area contributed by atoms with Gasteiger partial charge in [0.2, 0.25) is 0 Å². The number of nitrogens with two attached hydrogens (primary N) is 1. The fourth-order valence-electron chi connectivity index (χ4n) is 2.86. The van der Waals surface area contributed by atoms with E-state index < -0.39 is 43.0 Å². The number of fused-ring (bicyclic) bond motifs is 1. The molecule has 24 heavy (non-hydrogen) atoms. The summed E-state index contributed by atoms with van der Waals surface area (Å²) in [6.45, 7) is 4.98. The summed E-state index contributed by atoms with van der Waals surface area (Å²) in [6, 6.07) is 1.19. The molecular formula is C13H20N3O7P. The molecule has 2 aliphatic heterocycles. The van der Waals surface area contributed by atoms with Gasteiger partial charge in [-0.2, -0.15) is 0 Å². The highest BCUT2D eigenvalue weighted by Crippen LogP contribution is 2.58. The summed E-state index contributed by atoms with van der Waals surface area (Å²) < 4.78 is 35.4. The first-order valence-electron chi connectivity index (χ1n) is 7.49. The molecule has 0 bridgehead atoms. The lowest BCUT2D eigenvalue weighted by Crippen LogP contribution is -2.55. The van der Waals surface area contributed by atoms with Gasteiger partial charge in [-0.15, -0.1) is 0 Å². The largest absolute Gasteiger partial charge is 0.475 e. The molecule has 3 N–H and O–H groups in total. The van der Waals surface area contributed by atoms with Crippen molar-refractivity contribution in [2.45, 2.75) is 50.8 Å². The van der Waals surface area contributed by atoms with Gasteiger partial charge < -0.3 is 10.5 Å². The lowest BCUT2D eigenvalue weighted by Gasteiger charge is -2.36. The lowest BCUT2D eigenvalue weighted by atomic mass is 9.93. The van der Waals surface area contributed by atoms with Crippen molar-refractivity contribution >= 4 is 7.82 Å². The Labute approximate surface area is 137 Å². The van der Waals surface area contributed by atoms with E-state index in [4.69, 9.17) is 24.0 Å².